The normalized spacial score (nSPS) is 11.4. The van der Waals surface area contributed by atoms with Gasteiger partial charge in [-0.2, -0.15) is 5.26 Å². The van der Waals surface area contributed by atoms with Crippen LogP contribution in [-0.4, -0.2) is 19.0 Å². The Morgan fingerprint density at radius 1 is 1.56 bits per heavy atom. The van der Waals surface area contributed by atoms with Crippen molar-refractivity contribution in [1.29, 1.82) is 5.26 Å². The minimum atomic E-state index is -0.379. The van der Waals surface area contributed by atoms with Crippen LogP contribution in [0.3, 0.4) is 0 Å². The summed E-state index contributed by atoms with van der Waals surface area (Å²) in [5, 5.41) is 14.6. The van der Waals surface area contributed by atoms with Gasteiger partial charge >= 0.3 is 0 Å². The minimum Gasteiger partial charge on any atom is -0.373 e. The van der Waals surface area contributed by atoms with Crippen LogP contribution in [0.25, 0.3) is 0 Å². The molecular formula is C11H12ClN3O. The first-order chi connectivity index (χ1) is 7.58. The second-order valence-corrected chi connectivity index (χ2v) is 3.69. The summed E-state index contributed by atoms with van der Waals surface area (Å²) in [6.45, 7) is 1.73. The maximum Gasteiger partial charge on any atom is 0.241 e. The Labute approximate surface area is 99.2 Å². The van der Waals surface area contributed by atoms with Crippen molar-refractivity contribution in [3.05, 3.63) is 28.8 Å². The molecule has 0 aliphatic rings. The van der Waals surface area contributed by atoms with Crippen LogP contribution in [-0.2, 0) is 4.79 Å². The van der Waals surface area contributed by atoms with Crippen LogP contribution in [0.1, 0.15) is 12.5 Å². The monoisotopic (exact) mass is 237 g/mol. The molecule has 0 spiro atoms. The van der Waals surface area contributed by atoms with Gasteiger partial charge < -0.3 is 10.6 Å². The molecule has 1 rings (SSSR count). The third-order valence-corrected chi connectivity index (χ3v) is 2.42. The average molecular weight is 238 g/mol. The Kier molecular flexibility index (Phi) is 4.15. The number of hydrogen-bond acceptors (Lipinski definition) is 3. The predicted molar refractivity (Wildman–Crippen MR) is 63.3 cm³/mol. The molecule has 0 aliphatic heterocycles. The van der Waals surface area contributed by atoms with Gasteiger partial charge in [0.25, 0.3) is 0 Å². The summed E-state index contributed by atoms with van der Waals surface area (Å²) >= 11 is 5.95. The summed E-state index contributed by atoms with van der Waals surface area (Å²) in [7, 11) is 1.57. The van der Waals surface area contributed by atoms with Gasteiger partial charge in [-0.25, -0.2) is 0 Å². The van der Waals surface area contributed by atoms with Crippen LogP contribution in [0.5, 0.6) is 0 Å². The largest absolute Gasteiger partial charge is 0.373 e. The number of halogens is 1. The number of carbonyl (C=O) groups excluding carboxylic acids is 1. The Hall–Kier alpha value is -1.73. The number of nitrogens with zero attached hydrogens (tertiary/aromatic N) is 1. The fraction of sp³-hybridized carbons (Fsp3) is 0.273. The van der Waals surface area contributed by atoms with Crippen LogP contribution in [0.2, 0.25) is 5.02 Å². The molecule has 4 nitrogen and oxygen atoms in total. The van der Waals surface area contributed by atoms with E-state index in [1.807, 2.05) is 6.07 Å². The van der Waals surface area contributed by atoms with Gasteiger partial charge in [-0.05, 0) is 25.1 Å². The number of nitriles is 1. The molecule has 2 N–H and O–H groups in total. The number of hydrogen-bond donors (Lipinski definition) is 2. The van der Waals surface area contributed by atoms with E-state index in [1.165, 1.54) is 0 Å². The van der Waals surface area contributed by atoms with Gasteiger partial charge in [-0.15, -0.1) is 0 Å². The molecule has 16 heavy (non-hydrogen) atoms. The van der Waals surface area contributed by atoms with E-state index in [0.29, 0.717) is 16.3 Å². The first-order valence-corrected chi connectivity index (χ1v) is 5.14. The second-order valence-electron chi connectivity index (χ2n) is 3.29. The van der Waals surface area contributed by atoms with Gasteiger partial charge in [0.2, 0.25) is 5.91 Å². The van der Waals surface area contributed by atoms with Crippen LogP contribution in [0, 0.1) is 11.3 Å². The lowest BCUT2D eigenvalue weighted by atomic mass is 10.2. The molecule has 1 unspecified atom stereocenters. The fourth-order valence-corrected chi connectivity index (χ4v) is 1.45. The lowest BCUT2D eigenvalue weighted by Crippen LogP contribution is -2.35. The van der Waals surface area contributed by atoms with E-state index in [2.05, 4.69) is 10.6 Å². The van der Waals surface area contributed by atoms with Crippen LogP contribution in [0.4, 0.5) is 5.69 Å². The highest BCUT2D eigenvalue weighted by atomic mass is 35.5. The Morgan fingerprint density at radius 3 is 2.75 bits per heavy atom. The SMILES string of the molecule is CNC(=O)C(C)Nc1ccc(C#N)cc1Cl. The van der Waals surface area contributed by atoms with Gasteiger partial charge in [-0.1, -0.05) is 11.6 Å². The van der Waals surface area contributed by atoms with Crippen molar-refractivity contribution < 1.29 is 4.79 Å². The van der Waals surface area contributed by atoms with Crippen molar-refractivity contribution >= 4 is 23.2 Å². The third-order valence-electron chi connectivity index (χ3n) is 2.11. The molecule has 0 aliphatic carbocycles. The molecule has 0 saturated heterocycles. The second kappa shape index (κ2) is 5.38. The quantitative estimate of drug-likeness (QED) is 0.842. The molecule has 0 bridgehead atoms. The summed E-state index contributed by atoms with van der Waals surface area (Å²) < 4.78 is 0. The van der Waals surface area contributed by atoms with E-state index >= 15 is 0 Å². The third kappa shape index (κ3) is 2.88. The molecule has 0 aromatic heterocycles. The lowest BCUT2D eigenvalue weighted by Gasteiger charge is -2.14. The van der Waals surface area contributed by atoms with E-state index in [9.17, 15) is 4.79 Å². The van der Waals surface area contributed by atoms with Crippen molar-refractivity contribution in [2.24, 2.45) is 0 Å². The van der Waals surface area contributed by atoms with Gasteiger partial charge in [0.05, 0.1) is 22.3 Å². The summed E-state index contributed by atoms with van der Waals surface area (Å²) in [6.07, 6.45) is 0. The maximum absolute atomic E-state index is 11.3. The van der Waals surface area contributed by atoms with Gasteiger partial charge in [0.15, 0.2) is 0 Å². The standard InChI is InChI=1S/C11H12ClN3O/c1-7(11(16)14-2)15-10-4-3-8(6-13)5-9(10)12/h3-5,7,15H,1-2H3,(H,14,16). The molecule has 5 heteroatoms. The number of likely N-dealkylation sites (N-methyl/N-ethyl adjacent to an activating group) is 1. The van der Waals surface area contributed by atoms with Crippen LogP contribution >= 0.6 is 11.6 Å². The molecule has 1 aromatic carbocycles. The lowest BCUT2D eigenvalue weighted by molar-refractivity contribution is -0.121. The molecular weight excluding hydrogens is 226 g/mol. The van der Waals surface area contributed by atoms with Crippen molar-refractivity contribution in [2.45, 2.75) is 13.0 Å². The van der Waals surface area contributed by atoms with Crippen LogP contribution < -0.4 is 10.6 Å². The van der Waals surface area contributed by atoms with Crippen molar-refractivity contribution in [3.63, 3.8) is 0 Å². The number of nitrogens with one attached hydrogen (secondary N) is 2. The number of amides is 1. The van der Waals surface area contributed by atoms with Crippen LogP contribution in [0.15, 0.2) is 18.2 Å². The summed E-state index contributed by atoms with van der Waals surface area (Å²) in [5.74, 6) is -0.125. The highest BCUT2D eigenvalue weighted by Gasteiger charge is 2.12. The zero-order valence-corrected chi connectivity index (χ0v) is 9.80. The van der Waals surface area contributed by atoms with E-state index in [1.54, 1.807) is 32.2 Å². The van der Waals surface area contributed by atoms with Gasteiger partial charge in [-0.3, -0.25) is 4.79 Å². The first-order valence-electron chi connectivity index (χ1n) is 4.76. The summed E-state index contributed by atoms with van der Waals surface area (Å²) in [5.41, 5.74) is 1.12. The number of rotatable bonds is 3. The zero-order chi connectivity index (χ0) is 12.1. The van der Waals surface area contributed by atoms with E-state index < -0.39 is 0 Å². The van der Waals surface area contributed by atoms with Gasteiger partial charge in [0.1, 0.15) is 6.04 Å². The highest BCUT2D eigenvalue weighted by molar-refractivity contribution is 6.33. The van der Waals surface area contributed by atoms with Crippen molar-refractivity contribution in [1.82, 2.24) is 5.32 Å². The molecule has 0 saturated carbocycles. The maximum atomic E-state index is 11.3. The Balaban J connectivity index is 2.83. The molecule has 1 aromatic rings. The molecule has 0 heterocycles. The highest BCUT2D eigenvalue weighted by Crippen LogP contribution is 2.23. The molecule has 0 fully saturated rings. The topological polar surface area (TPSA) is 64.9 Å². The first kappa shape index (κ1) is 12.3. The Bertz CT molecular complexity index is 439. The Morgan fingerprint density at radius 2 is 2.25 bits per heavy atom. The summed E-state index contributed by atoms with van der Waals surface area (Å²) in [4.78, 5) is 11.3. The molecule has 84 valence electrons. The van der Waals surface area contributed by atoms with E-state index in [0.717, 1.165) is 0 Å². The predicted octanol–water partition coefficient (Wildman–Crippen LogP) is 1.76. The molecule has 0 radical (unpaired) electrons. The zero-order valence-electron chi connectivity index (χ0n) is 9.04. The number of anilines is 1. The minimum absolute atomic E-state index is 0.125. The average Bonchev–Trinajstić information content (AvgIpc) is 2.30. The van der Waals surface area contributed by atoms with Crippen molar-refractivity contribution in [3.8, 4) is 6.07 Å². The smallest absolute Gasteiger partial charge is 0.241 e. The fourth-order valence-electron chi connectivity index (χ4n) is 1.22. The van der Waals surface area contributed by atoms with E-state index in [4.69, 9.17) is 16.9 Å². The summed E-state index contributed by atoms with van der Waals surface area (Å²) in [6, 6.07) is 6.49. The van der Waals surface area contributed by atoms with E-state index in [-0.39, 0.29) is 11.9 Å². The van der Waals surface area contributed by atoms with Gasteiger partial charge in [0, 0.05) is 7.05 Å². The number of benzene rings is 1. The molecule has 1 atom stereocenters. The molecule has 1 amide bonds. The van der Waals surface area contributed by atoms with Crippen molar-refractivity contribution in [2.75, 3.05) is 12.4 Å². The number of carbonyl (C=O) groups is 1.